The second-order valence-electron chi connectivity index (χ2n) is 4.72. The van der Waals surface area contributed by atoms with Gasteiger partial charge in [0.15, 0.2) is 0 Å². The molecule has 0 radical (unpaired) electrons. The van der Waals surface area contributed by atoms with E-state index in [2.05, 4.69) is 10.0 Å². The zero-order valence-corrected chi connectivity index (χ0v) is 14.0. The van der Waals surface area contributed by atoms with Crippen LogP contribution in [-0.2, 0) is 10.0 Å². The summed E-state index contributed by atoms with van der Waals surface area (Å²) in [5, 5.41) is 2.84. The molecule has 0 aromatic heterocycles. The predicted octanol–water partition coefficient (Wildman–Crippen LogP) is 2.97. The van der Waals surface area contributed by atoms with Gasteiger partial charge in [0.2, 0.25) is 10.0 Å². The maximum atomic E-state index is 12.3. The summed E-state index contributed by atoms with van der Waals surface area (Å²) >= 11 is 6.01. The number of para-hydroxylation sites is 2. The largest absolute Gasteiger partial charge is 0.495 e. The first-order valence-corrected chi connectivity index (χ1v) is 8.79. The lowest BCUT2D eigenvalue weighted by molar-refractivity contribution is 0.102. The number of anilines is 2. The molecule has 0 aliphatic heterocycles. The van der Waals surface area contributed by atoms with E-state index in [1.807, 2.05) is 0 Å². The fourth-order valence-electron chi connectivity index (χ4n) is 1.88. The van der Waals surface area contributed by atoms with Crippen LogP contribution in [0.1, 0.15) is 10.4 Å². The van der Waals surface area contributed by atoms with E-state index in [1.54, 1.807) is 24.3 Å². The first-order chi connectivity index (χ1) is 10.8. The molecule has 0 bridgehead atoms. The molecule has 0 aliphatic rings. The first-order valence-electron chi connectivity index (χ1n) is 6.52. The van der Waals surface area contributed by atoms with Gasteiger partial charge in [-0.1, -0.05) is 23.7 Å². The monoisotopic (exact) mass is 354 g/mol. The lowest BCUT2D eigenvalue weighted by Gasteiger charge is -2.11. The van der Waals surface area contributed by atoms with Crippen LogP contribution in [0.4, 0.5) is 11.4 Å². The van der Waals surface area contributed by atoms with Crippen LogP contribution in [-0.4, -0.2) is 27.7 Å². The number of carbonyl (C=O) groups excluding carboxylic acids is 1. The van der Waals surface area contributed by atoms with Crippen molar-refractivity contribution in [2.45, 2.75) is 0 Å². The van der Waals surface area contributed by atoms with Crippen molar-refractivity contribution in [2.24, 2.45) is 0 Å². The van der Waals surface area contributed by atoms with Crippen LogP contribution in [0.3, 0.4) is 0 Å². The zero-order valence-electron chi connectivity index (χ0n) is 12.5. The smallest absolute Gasteiger partial charge is 0.255 e. The number of methoxy groups -OCH3 is 1. The normalized spacial score (nSPS) is 10.9. The van der Waals surface area contributed by atoms with Crippen LogP contribution < -0.4 is 14.8 Å². The van der Waals surface area contributed by atoms with Crippen molar-refractivity contribution in [1.29, 1.82) is 0 Å². The van der Waals surface area contributed by atoms with Gasteiger partial charge >= 0.3 is 0 Å². The number of rotatable bonds is 5. The molecule has 2 aromatic rings. The molecule has 6 nitrogen and oxygen atoms in total. The molecule has 2 N–H and O–H groups in total. The summed E-state index contributed by atoms with van der Waals surface area (Å²) in [5.74, 6) is 0.143. The predicted molar refractivity (Wildman–Crippen MR) is 90.9 cm³/mol. The van der Waals surface area contributed by atoms with Crippen molar-refractivity contribution in [3.8, 4) is 5.75 Å². The van der Waals surface area contributed by atoms with Gasteiger partial charge < -0.3 is 10.1 Å². The first kappa shape index (κ1) is 17.1. The van der Waals surface area contributed by atoms with Crippen molar-refractivity contribution in [2.75, 3.05) is 23.4 Å². The van der Waals surface area contributed by atoms with Crippen LogP contribution in [0.15, 0.2) is 42.5 Å². The molecule has 0 spiro atoms. The summed E-state index contributed by atoms with van der Waals surface area (Å²) in [5.41, 5.74) is 1.03. The lowest BCUT2D eigenvalue weighted by Crippen LogP contribution is -2.14. The number of ether oxygens (including phenoxy) is 1. The summed E-state index contributed by atoms with van der Waals surface area (Å²) in [7, 11) is -1.93. The molecule has 122 valence electrons. The number of benzene rings is 2. The van der Waals surface area contributed by atoms with Gasteiger partial charge in [-0.05, 0) is 30.3 Å². The number of carbonyl (C=O) groups is 1. The van der Waals surface area contributed by atoms with Gasteiger partial charge in [0.1, 0.15) is 5.75 Å². The number of hydrogen-bond donors (Lipinski definition) is 2. The van der Waals surface area contributed by atoms with E-state index in [4.69, 9.17) is 16.3 Å². The highest BCUT2D eigenvalue weighted by atomic mass is 35.5. The van der Waals surface area contributed by atoms with Gasteiger partial charge in [-0.2, -0.15) is 0 Å². The molecule has 23 heavy (non-hydrogen) atoms. The zero-order chi connectivity index (χ0) is 17.0. The third kappa shape index (κ3) is 4.61. The molecular weight excluding hydrogens is 340 g/mol. The third-order valence-corrected chi connectivity index (χ3v) is 3.79. The Morgan fingerprint density at radius 1 is 1.13 bits per heavy atom. The highest BCUT2D eigenvalue weighted by Gasteiger charge is 2.13. The molecular formula is C15H15ClN2O4S. The number of amides is 1. The minimum absolute atomic E-state index is 0.128. The van der Waals surface area contributed by atoms with Crippen LogP contribution in [0.5, 0.6) is 5.75 Å². The Balaban J connectivity index is 2.22. The number of nitrogens with one attached hydrogen (secondary N) is 2. The van der Waals surface area contributed by atoms with Gasteiger partial charge in [0.05, 0.1) is 29.8 Å². The Hall–Kier alpha value is -2.25. The Bertz CT molecular complexity index is 837. The lowest BCUT2D eigenvalue weighted by atomic mass is 10.2. The standard InChI is InChI=1S/C15H15ClN2O4S/c1-22-14-6-4-3-5-13(14)17-15(19)10-7-8-12(11(16)9-10)18-23(2,20)21/h3-9,18H,1-2H3,(H,17,19). The SMILES string of the molecule is COc1ccccc1NC(=O)c1ccc(NS(C)(=O)=O)c(Cl)c1. The van der Waals surface area contributed by atoms with E-state index in [0.717, 1.165) is 6.26 Å². The minimum Gasteiger partial charge on any atom is -0.495 e. The van der Waals surface area contributed by atoms with Gasteiger partial charge in [-0.25, -0.2) is 8.42 Å². The molecule has 1 amide bonds. The Labute approximate surface area is 139 Å². The van der Waals surface area contributed by atoms with E-state index in [1.165, 1.54) is 25.3 Å². The Morgan fingerprint density at radius 3 is 2.43 bits per heavy atom. The van der Waals surface area contributed by atoms with Crippen molar-refractivity contribution >= 4 is 38.9 Å². The molecule has 0 saturated heterocycles. The van der Waals surface area contributed by atoms with Crippen molar-refractivity contribution in [1.82, 2.24) is 0 Å². The molecule has 0 atom stereocenters. The summed E-state index contributed by atoms with van der Waals surface area (Å²) in [6, 6.07) is 11.3. The summed E-state index contributed by atoms with van der Waals surface area (Å²) in [6.45, 7) is 0. The molecule has 0 unspecified atom stereocenters. The van der Waals surface area contributed by atoms with Crippen molar-refractivity contribution in [3.63, 3.8) is 0 Å². The maximum absolute atomic E-state index is 12.3. The Morgan fingerprint density at radius 2 is 1.83 bits per heavy atom. The average Bonchev–Trinajstić information content (AvgIpc) is 2.48. The number of halogens is 1. The molecule has 0 aliphatic carbocycles. The number of hydrogen-bond acceptors (Lipinski definition) is 4. The van der Waals surface area contributed by atoms with Crippen molar-refractivity contribution in [3.05, 3.63) is 53.1 Å². The third-order valence-electron chi connectivity index (χ3n) is 2.88. The topological polar surface area (TPSA) is 84.5 Å². The molecule has 0 saturated carbocycles. The van der Waals surface area contributed by atoms with Gasteiger partial charge in [0, 0.05) is 5.56 Å². The van der Waals surface area contributed by atoms with Crippen LogP contribution in [0.2, 0.25) is 5.02 Å². The van der Waals surface area contributed by atoms with Gasteiger partial charge in [0.25, 0.3) is 5.91 Å². The second-order valence-corrected chi connectivity index (χ2v) is 6.88. The van der Waals surface area contributed by atoms with Crippen LogP contribution >= 0.6 is 11.6 Å². The van der Waals surface area contributed by atoms with E-state index >= 15 is 0 Å². The highest BCUT2D eigenvalue weighted by molar-refractivity contribution is 7.92. The molecule has 2 rings (SSSR count). The minimum atomic E-state index is -3.44. The van der Waals surface area contributed by atoms with Crippen molar-refractivity contribution < 1.29 is 17.9 Å². The fourth-order valence-corrected chi connectivity index (χ4v) is 2.74. The van der Waals surface area contributed by atoms with Gasteiger partial charge in [-0.3, -0.25) is 9.52 Å². The number of sulfonamides is 1. The fraction of sp³-hybridized carbons (Fsp3) is 0.133. The quantitative estimate of drug-likeness (QED) is 0.864. The summed E-state index contributed by atoms with van der Waals surface area (Å²) < 4.78 is 29.9. The average molecular weight is 355 g/mol. The molecule has 0 fully saturated rings. The van der Waals surface area contributed by atoms with E-state index in [9.17, 15) is 13.2 Å². The summed E-state index contributed by atoms with van der Waals surface area (Å²) in [6.07, 6.45) is 1.02. The van der Waals surface area contributed by atoms with E-state index in [0.29, 0.717) is 17.0 Å². The second kappa shape index (κ2) is 6.89. The Kier molecular flexibility index (Phi) is 5.12. The highest BCUT2D eigenvalue weighted by Crippen LogP contribution is 2.26. The van der Waals surface area contributed by atoms with Gasteiger partial charge in [-0.15, -0.1) is 0 Å². The van der Waals surface area contributed by atoms with E-state index in [-0.39, 0.29) is 16.6 Å². The maximum Gasteiger partial charge on any atom is 0.255 e. The molecule has 2 aromatic carbocycles. The van der Waals surface area contributed by atoms with Crippen LogP contribution in [0.25, 0.3) is 0 Å². The molecule has 0 heterocycles. The van der Waals surface area contributed by atoms with E-state index < -0.39 is 10.0 Å². The van der Waals surface area contributed by atoms with Crippen LogP contribution in [0, 0.1) is 0 Å². The molecule has 8 heteroatoms. The summed E-state index contributed by atoms with van der Waals surface area (Å²) in [4.78, 5) is 12.3.